The molecule has 3 unspecified atom stereocenters. The highest BCUT2D eigenvalue weighted by molar-refractivity contribution is 4.79. The molecule has 0 bridgehead atoms. The van der Waals surface area contributed by atoms with E-state index in [0.717, 1.165) is 19.6 Å². The topological polar surface area (TPSA) is 24.5 Å². The summed E-state index contributed by atoms with van der Waals surface area (Å²) in [4.78, 5) is 2.44. The summed E-state index contributed by atoms with van der Waals surface area (Å²) in [6, 6.07) is 0.630. The third-order valence-electron chi connectivity index (χ3n) is 4.15. The number of rotatable bonds is 8. The molecule has 0 aromatic carbocycles. The molecule has 1 fully saturated rings. The smallest absolute Gasteiger partial charge is 0.0707 e. The molecular formula is C15H32N2O. The highest BCUT2D eigenvalue weighted by Gasteiger charge is 2.27. The zero-order valence-electron chi connectivity index (χ0n) is 12.9. The standard InChI is InChI=1S/C15H32N2O/c1-6-9-16-10-14-7-8-15(18-14)11-17(5)13(4)12(2)3/h12-16H,6-11H2,1-5H3. The molecule has 18 heavy (non-hydrogen) atoms. The number of ether oxygens (including phenoxy) is 1. The van der Waals surface area contributed by atoms with Gasteiger partial charge in [-0.2, -0.15) is 0 Å². The molecule has 1 saturated heterocycles. The molecule has 0 spiro atoms. The number of hydrogen-bond acceptors (Lipinski definition) is 3. The molecule has 0 saturated carbocycles. The second kappa shape index (κ2) is 8.13. The SMILES string of the molecule is CCCNCC1CCC(CN(C)C(C)C(C)C)O1. The zero-order valence-corrected chi connectivity index (χ0v) is 12.9. The summed E-state index contributed by atoms with van der Waals surface area (Å²) < 4.78 is 6.10. The lowest BCUT2D eigenvalue weighted by Gasteiger charge is -2.30. The van der Waals surface area contributed by atoms with Gasteiger partial charge in [-0.25, -0.2) is 0 Å². The van der Waals surface area contributed by atoms with E-state index in [-0.39, 0.29) is 0 Å². The van der Waals surface area contributed by atoms with Gasteiger partial charge >= 0.3 is 0 Å². The van der Waals surface area contributed by atoms with Crippen molar-refractivity contribution in [3.63, 3.8) is 0 Å². The van der Waals surface area contributed by atoms with Gasteiger partial charge in [-0.05, 0) is 45.7 Å². The van der Waals surface area contributed by atoms with E-state index in [4.69, 9.17) is 4.74 Å². The monoisotopic (exact) mass is 256 g/mol. The summed E-state index contributed by atoms with van der Waals surface area (Å²) in [5.74, 6) is 0.707. The van der Waals surface area contributed by atoms with E-state index < -0.39 is 0 Å². The van der Waals surface area contributed by atoms with Crippen molar-refractivity contribution >= 4 is 0 Å². The van der Waals surface area contributed by atoms with Crippen LogP contribution in [0, 0.1) is 5.92 Å². The van der Waals surface area contributed by atoms with Crippen LogP contribution in [0.4, 0.5) is 0 Å². The summed E-state index contributed by atoms with van der Waals surface area (Å²) in [5, 5.41) is 3.45. The molecule has 3 atom stereocenters. The first kappa shape index (κ1) is 15.9. The summed E-state index contributed by atoms with van der Waals surface area (Å²) in [5.41, 5.74) is 0. The lowest BCUT2D eigenvalue weighted by molar-refractivity contribution is 0.0183. The van der Waals surface area contributed by atoms with Crippen molar-refractivity contribution in [2.75, 3.05) is 26.7 Å². The van der Waals surface area contributed by atoms with Crippen LogP contribution in [0.3, 0.4) is 0 Å². The molecule has 1 rings (SSSR count). The van der Waals surface area contributed by atoms with Gasteiger partial charge in [-0.1, -0.05) is 20.8 Å². The minimum absolute atomic E-state index is 0.435. The van der Waals surface area contributed by atoms with Gasteiger partial charge in [-0.3, -0.25) is 0 Å². The van der Waals surface area contributed by atoms with Crippen LogP contribution in [-0.4, -0.2) is 49.8 Å². The Kier molecular flexibility index (Phi) is 7.20. The second-order valence-corrected chi connectivity index (χ2v) is 6.09. The van der Waals surface area contributed by atoms with Gasteiger partial charge < -0.3 is 15.0 Å². The Balaban J connectivity index is 2.21. The molecule has 1 aliphatic heterocycles. The van der Waals surface area contributed by atoms with Crippen molar-refractivity contribution < 1.29 is 4.74 Å². The van der Waals surface area contributed by atoms with Gasteiger partial charge in [0.2, 0.25) is 0 Å². The maximum absolute atomic E-state index is 6.10. The first-order chi connectivity index (χ1) is 8.54. The predicted octanol–water partition coefficient (Wildman–Crippen LogP) is 2.51. The van der Waals surface area contributed by atoms with Crippen molar-refractivity contribution in [2.24, 2.45) is 5.92 Å². The lowest BCUT2D eigenvalue weighted by atomic mass is 10.0. The Labute approximate surface area is 113 Å². The maximum Gasteiger partial charge on any atom is 0.0707 e. The van der Waals surface area contributed by atoms with Gasteiger partial charge in [0.25, 0.3) is 0 Å². The average Bonchev–Trinajstić information content (AvgIpc) is 2.76. The van der Waals surface area contributed by atoms with E-state index in [9.17, 15) is 0 Å². The van der Waals surface area contributed by atoms with Crippen LogP contribution >= 0.6 is 0 Å². The van der Waals surface area contributed by atoms with Crippen molar-refractivity contribution in [2.45, 2.75) is 65.2 Å². The quantitative estimate of drug-likeness (QED) is 0.675. The van der Waals surface area contributed by atoms with Crippen LogP contribution in [-0.2, 0) is 4.74 Å². The van der Waals surface area contributed by atoms with Gasteiger partial charge in [0, 0.05) is 19.1 Å². The molecular weight excluding hydrogens is 224 g/mol. The number of nitrogens with zero attached hydrogens (tertiary/aromatic N) is 1. The second-order valence-electron chi connectivity index (χ2n) is 6.09. The molecule has 0 aliphatic carbocycles. The van der Waals surface area contributed by atoms with E-state index in [1.807, 2.05) is 0 Å². The normalized spacial score (nSPS) is 26.2. The Morgan fingerprint density at radius 1 is 1.22 bits per heavy atom. The van der Waals surface area contributed by atoms with Gasteiger partial charge in [-0.15, -0.1) is 0 Å². The van der Waals surface area contributed by atoms with Crippen molar-refractivity contribution in [3.05, 3.63) is 0 Å². The van der Waals surface area contributed by atoms with Gasteiger partial charge in [0.05, 0.1) is 12.2 Å². The van der Waals surface area contributed by atoms with Gasteiger partial charge in [0.1, 0.15) is 0 Å². The molecule has 108 valence electrons. The van der Waals surface area contributed by atoms with E-state index >= 15 is 0 Å². The van der Waals surface area contributed by atoms with Crippen molar-refractivity contribution in [3.8, 4) is 0 Å². The summed E-state index contributed by atoms with van der Waals surface area (Å²) in [7, 11) is 2.22. The highest BCUT2D eigenvalue weighted by atomic mass is 16.5. The minimum atomic E-state index is 0.435. The molecule has 0 aromatic heterocycles. The third-order valence-corrected chi connectivity index (χ3v) is 4.15. The summed E-state index contributed by atoms with van der Waals surface area (Å²) in [6.45, 7) is 12.3. The van der Waals surface area contributed by atoms with E-state index in [1.165, 1.54) is 19.3 Å². The number of hydrogen-bond donors (Lipinski definition) is 1. The minimum Gasteiger partial charge on any atom is -0.372 e. The van der Waals surface area contributed by atoms with Crippen LogP contribution in [0.25, 0.3) is 0 Å². The van der Waals surface area contributed by atoms with Crippen molar-refractivity contribution in [1.82, 2.24) is 10.2 Å². The fourth-order valence-corrected chi connectivity index (χ4v) is 2.50. The lowest BCUT2D eigenvalue weighted by Crippen LogP contribution is -2.39. The number of nitrogens with one attached hydrogen (secondary N) is 1. The average molecular weight is 256 g/mol. The molecule has 0 amide bonds. The largest absolute Gasteiger partial charge is 0.372 e. The van der Waals surface area contributed by atoms with E-state index in [1.54, 1.807) is 0 Å². The summed E-state index contributed by atoms with van der Waals surface area (Å²) >= 11 is 0. The maximum atomic E-state index is 6.10. The van der Waals surface area contributed by atoms with E-state index in [2.05, 4.69) is 45.0 Å². The molecule has 1 aliphatic rings. The van der Waals surface area contributed by atoms with Crippen LogP contribution in [0.15, 0.2) is 0 Å². The molecule has 1 N–H and O–H groups in total. The van der Waals surface area contributed by atoms with Crippen LogP contribution in [0.1, 0.15) is 47.0 Å². The molecule has 0 radical (unpaired) electrons. The molecule has 3 heteroatoms. The van der Waals surface area contributed by atoms with E-state index in [0.29, 0.717) is 24.2 Å². The Morgan fingerprint density at radius 3 is 2.50 bits per heavy atom. The Morgan fingerprint density at radius 2 is 1.89 bits per heavy atom. The molecule has 1 heterocycles. The van der Waals surface area contributed by atoms with Gasteiger partial charge in [0.15, 0.2) is 0 Å². The van der Waals surface area contributed by atoms with Crippen LogP contribution in [0.5, 0.6) is 0 Å². The Hall–Kier alpha value is -0.120. The predicted molar refractivity (Wildman–Crippen MR) is 78.0 cm³/mol. The highest BCUT2D eigenvalue weighted by Crippen LogP contribution is 2.21. The first-order valence-corrected chi connectivity index (χ1v) is 7.61. The fourth-order valence-electron chi connectivity index (χ4n) is 2.50. The van der Waals surface area contributed by atoms with Crippen LogP contribution < -0.4 is 5.32 Å². The zero-order chi connectivity index (χ0) is 13.5. The van der Waals surface area contributed by atoms with Crippen molar-refractivity contribution in [1.29, 1.82) is 0 Å². The number of likely N-dealkylation sites (N-methyl/N-ethyl adjacent to an activating group) is 1. The first-order valence-electron chi connectivity index (χ1n) is 7.61. The fraction of sp³-hybridized carbons (Fsp3) is 1.00. The molecule has 0 aromatic rings. The third kappa shape index (κ3) is 5.25. The molecule has 3 nitrogen and oxygen atoms in total. The summed E-state index contributed by atoms with van der Waals surface area (Å²) in [6.07, 6.45) is 4.50. The Bertz CT molecular complexity index is 221. The van der Waals surface area contributed by atoms with Crippen LogP contribution in [0.2, 0.25) is 0 Å².